The second-order valence-corrected chi connectivity index (χ2v) is 6.52. The van der Waals surface area contributed by atoms with Gasteiger partial charge < -0.3 is 10.1 Å². The maximum Gasteiger partial charge on any atom is 0.251 e. The van der Waals surface area contributed by atoms with Crippen molar-refractivity contribution in [3.63, 3.8) is 0 Å². The van der Waals surface area contributed by atoms with Gasteiger partial charge in [-0.05, 0) is 68.3 Å². The zero-order valence-corrected chi connectivity index (χ0v) is 15.5. The van der Waals surface area contributed by atoms with Gasteiger partial charge in [0.25, 0.3) is 5.91 Å². The summed E-state index contributed by atoms with van der Waals surface area (Å²) in [6.45, 7) is 4.03. The SMILES string of the molecule is CC1=NN(c2ccc(C(=O)NCCCCOc3ccc(F)cc3)cc2)CC1. The molecule has 6 heteroatoms. The van der Waals surface area contributed by atoms with Crippen LogP contribution in [0, 0.1) is 5.82 Å². The van der Waals surface area contributed by atoms with Crippen LogP contribution in [0.4, 0.5) is 10.1 Å². The van der Waals surface area contributed by atoms with Gasteiger partial charge in [0.15, 0.2) is 0 Å². The summed E-state index contributed by atoms with van der Waals surface area (Å²) in [6, 6.07) is 13.5. The maximum atomic E-state index is 12.8. The third-order valence-electron chi connectivity index (χ3n) is 4.34. The summed E-state index contributed by atoms with van der Waals surface area (Å²) in [6.07, 6.45) is 2.60. The van der Waals surface area contributed by atoms with Gasteiger partial charge in [0.1, 0.15) is 11.6 Å². The van der Waals surface area contributed by atoms with E-state index >= 15 is 0 Å². The minimum atomic E-state index is -0.277. The minimum absolute atomic E-state index is 0.0814. The van der Waals surface area contributed by atoms with E-state index < -0.39 is 0 Å². The number of amides is 1. The molecule has 0 fully saturated rings. The summed E-state index contributed by atoms with van der Waals surface area (Å²) in [5, 5.41) is 9.33. The fraction of sp³-hybridized carbons (Fsp3) is 0.333. The predicted molar refractivity (Wildman–Crippen MR) is 105 cm³/mol. The lowest BCUT2D eigenvalue weighted by Crippen LogP contribution is -2.24. The van der Waals surface area contributed by atoms with Crippen molar-refractivity contribution in [2.75, 3.05) is 24.7 Å². The Labute approximate surface area is 158 Å². The Bertz CT molecular complexity index is 788. The van der Waals surface area contributed by atoms with E-state index in [0.29, 0.717) is 24.5 Å². The predicted octanol–water partition coefficient (Wildman–Crippen LogP) is 4.00. The second-order valence-electron chi connectivity index (χ2n) is 6.52. The van der Waals surface area contributed by atoms with Crippen LogP contribution in [0.1, 0.15) is 36.5 Å². The first-order chi connectivity index (χ1) is 13.1. The largest absolute Gasteiger partial charge is 0.494 e. The smallest absolute Gasteiger partial charge is 0.251 e. The van der Waals surface area contributed by atoms with E-state index in [2.05, 4.69) is 10.4 Å². The minimum Gasteiger partial charge on any atom is -0.494 e. The van der Waals surface area contributed by atoms with E-state index in [1.807, 2.05) is 36.2 Å². The Morgan fingerprint density at radius 1 is 1.15 bits per heavy atom. The van der Waals surface area contributed by atoms with Gasteiger partial charge in [0, 0.05) is 30.8 Å². The summed E-state index contributed by atoms with van der Waals surface area (Å²) in [5.74, 6) is 0.293. The summed E-state index contributed by atoms with van der Waals surface area (Å²) in [4.78, 5) is 12.2. The van der Waals surface area contributed by atoms with E-state index in [9.17, 15) is 9.18 Å². The number of nitrogens with one attached hydrogen (secondary N) is 1. The van der Waals surface area contributed by atoms with Crippen LogP contribution in [0.5, 0.6) is 5.75 Å². The molecule has 0 saturated carbocycles. The first-order valence-corrected chi connectivity index (χ1v) is 9.20. The van der Waals surface area contributed by atoms with Crippen molar-refractivity contribution in [3.8, 4) is 5.75 Å². The molecule has 0 aliphatic carbocycles. The van der Waals surface area contributed by atoms with Crippen LogP contribution in [0.2, 0.25) is 0 Å². The number of rotatable bonds is 8. The zero-order valence-electron chi connectivity index (χ0n) is 15.5. The van der Waals surface area contributed by atoms with Gasteiger partial charge in [-0.25, -0.2) is 4.39 Å². The maximum absolute atomic E-state index is 12.8. The lowest BCUT2D eigenvalue weighted by molar-refractivity contribution is 0.0952. The molecule has 0 spiro atoms. The van der Waals surface area contributed by atoms with Crippen LogP contribution in [-0.4, -0.2) is 31.3 Å². The van der Waals surface area contributed by atoms with Crippen molar-refractivity contribution < 1.29 is 13.9 Å². The van der Waals surface area contributed by atoms with Crippen molar-refractivity contribution in [2.45, 2.75) is 26.2 Å². The molecule has 0 atom stereocenters. The van der Waals surface area contributed by atoms with Crippen molar-refractivity contribution >= 4 is 17.3 Å². The fourth-order valence-electron chi connectivity index (χ4n) is 2.80. The van der Waals surface area contributed by atoms with Crippen LogP contribution >= 0.6 is 0 Å². The van der Waals surface area contributed by atoms with Gasteiger partial charge in [-0.15, -0.1) is 0 Å². The molecule has 27 heavy (non-hydrogen) atoms. The van der Waals surface area contributed by atoms with Gasteiger partial charge >= 0.3 is 0 Å². The van der Waals surface area contributed by atoms with Gasteiger partial charge in [0.05, 0.1) is 12.3 Å². The standard InChI is InChI=1S/C21H24FN3O2/c1-16-12-14-25(24-16)19-8-4-17(5-9-19)21(26)23-13-2-3-15-27-20-10-6-18(22)7-11-20/h4-11H,2-3,12-15H2,1H3,(H,23,26). The first kappa shape index (κ1) is 18.9. The highest BCUT2D eigenvalue weighted by Gasteiger charge is 2.13. The number of halogens is 1. The third kappa shape index (κ3) is 5.54. The number of hydrazone groups is 1. The monoisotopic (exact) mass is 369 g/mol. The van der Waals surface area contributed by atoms with Crippen LogP contribution in [0.3, 0.4) is 0 Å². The molecule has 5 nitrogen and oxygen atoms in total. The number of anilines is 1. The molecule has 0 bridgehead atoms. The quantitative estimate of drug-likeness (QED) is 0.716. The molecule has 1 N–H and O–H groups in total. The van der Waals surface area contributed by atoms with Crippen LogP contribution in [0.25, 0.3) is 0 Å². The lowest BCUT2D eigenvalue weighted by atomic mass is 10.2. The van der Waals surface area contributed by atoms with Gasteiger partial charge in [0.2, 0.25) is 0 Å². The average Bonchev–Trinajstić information content (AvgIpc) is 3.12. The summed E-state index contributed by atoms with van der Waals surface area (Å²) in [7, 11) is 0. The number of nitrogens with zero attached hydrogens (tertiary/aromatic N) is 2. The third-order valence-corrected chi connectivity index (χ3v) is 4.34. The molecular weight excluding hydrogens is 345 g/mol. The Hall–Kier alpha value is -2.89. The highest BCUT2D eigenvalue weighted by molar-refractivity contribution is 5.94. The van der Waals surface area contributed by atoms with Gasteiger partial charge in [-0.2, -0.15) is 5.10 Å². The van der Waals surface area contributed by atoms with Crippen LogP contribution in [-0.2, 0) is 0 Å². The molecule has 0 radical (unpaired) electrons. The Morgan fingerprint density at radius 3 is 2.56 bits per heavy atom. The molecule has 2 aromatic rings. The second kappa shape index (κ2) is 9.16. The topological polar surface area (TPSA) is 53.9 Å². The number of unbranched alkanes of at least 4 members (excludes halogenated alkanes) is 1. The van der Waals surface area contributed by atoms with Crippen molar-refractivity contribution in [1.82, 2.24) is 5.32 Å². The van der Waals surface area contributed by atoms with Crippen LogP contribution in [0.15, 0.2) is 53.6 Å². The fourth-order valence-corrected chi connectivity index (χ4v) is 2.80. The summed E-state index contributed by atoms with van der Waals surface area (Å²) >= 11 is 0. The van der Waals surface area contributed by atoms with Gasteiger partial charge in [-0.3, -0.25) is 9.80 Å². The highest BCUT2D eigenvalue weighted by atomic mass is 19.1. The summed E-state index contributed by atoms with van der Waals surface area (Å²) in [5.41, 5.74) is 2.77. The van der Waals surface area contributed by atoms with Crippen LogP contribution < -0.4 is 15.1 Å². The van der Waals surface area contributed by atoms with Crippen molar-refractivity contribution in [2.24, 2.45) is 5.10 Å². The number of benzene rings is 2. The van der Waals surface area contributed by atoms with E-state index in [-0.39, 0.29) is 11.7 Å². The molecule has 3 rings (SSSR count). The number of carbonyl (C=O) groups is 1. The van der Waals surface area contributed by atoms with Gasteiger partial charge in [-0.1, -0.05) is 0 Å². The van der Waals surface area contributed by atoms with Crippen molar-refractivity contribution in [3.05, 3.63) is 59.9 Å². The number of ether oxygens (including phenoxy) is 1. The number of hydrogen-bond donors (Lipinski definition) is 1. The lowest BCUT2D eigenvalue weighted by Gasteiger charge is -2.14. The molecule has 1 aliphatic heterocycles. The molecule has 1 amide bonds. The van der Waals surface area contributed by atoms with E-state index in [0.717, 1.165) is 37.2 Å². The summed E-state index contributed by atoms with van der Waals surface area (Å²) < 4.78 is 18.3. The van der Waals surface area contributed by atoms with Crippen molar-refractivity contribution in [1.29, 1.82) is 0 Å². The molecule has 2 aromatic carbocycles. The first-order valence-electron chi connectivity index (χ1n) is 9.20. The van der Waals surface area contributed by atoms with E-state index in [4.69, 9.17) is 4.74 Å². The Kier molecular flexibility index (Phi) is 6.41. The Balaban J connectivity index is 1.35. The Morgan fingerprint density at radius 2 is 1.89 bits per heavy atom. The normalized spacial score (nSPS) is 13.4. The molecule has 142 valence electrons. The molecule has 0 saturated heterocycles. The highest BCUT2D eigenvalue weighted by Crippen LogP contribution is 2.19. The zero-order chi connectivity index (χ0) is 19.1. The van der Waals surface area contributed by atoms with E-state index in [1.54, 1.807) is 12.1 Å². The molecular formula is C21H24FN3O2. The molecule has 1 aliphatic rings. The number of hydrogen-bond acceptors (Lipinski definition) is 4. The molecule has 1 heterocycles. The molecule has 0 aromatic heterocycles. The number of carbonyl (C=O) groups excluding carboxylic acids is 1. The van der Waals surface area contributed by atoms with E-state index in [1.165, 1.54) is 12.1 Å². The average molecular weight is 369 g/mol. The molecule has 0 unspecified atom stereocenters.